The van der Waals surface area contributed by atoms with Crippen LogP contribution in [0.5, 0.6) is 11.6 Å². The van der Waals surface area contributed by atoms with Gasteiger partial charge in [-0.3, -0.25) is 0 Å². The molecule has 0 aliphatic heterocycles. The summed E-state index contributed by atoms with van der Waals surface area (Å²) in [7, 11) is 0. The van der Waals surface area contributed by atoms with Gasteiger partial charge in [0, 0.05) is 23.1 Å². The topological polar surface area (TPSA) is 94.0 Å². The van der Waals surface area contributed by atoms with Gasteiger partial charge >= 0.3 is 6.03 Å². The van der Waals surface area contributed by atoms with E-state index in [1.807, 2.05) is 19.9 Å². The van der Waals surface area contributed by atoms with Crippen LogP contribution in [0.25, 0.3) is 5.82 Å². The number of hydrogen-bond acceptors (Lipinski definition) is 5. The molecule has 0 saturated carbocycles. The Bertz CT molecular complexity index is 1250. The minimum absolute atomic E-state index is 0.368. The van der Waals surface area contributed by atoms with E-state index >= 15 is 0 Å². The molecular weight excluding hydrogens is 411 g/mol. The average molecular weight is 432 g/mol. The van der Waals surface area contributed by atoms with Crippen LogP contribution in [0.15, 0.2) is 60.7 Å². The van der Waals surface area contributed by atoms with Crippen molar-refractivity contribution in [3.8, 4) is 17.4 Å². The highest BCUT2D eigenvalue weighted by Crippen LogP contribution is 2.23. The Morgan fingerprint density at radius 1 is 0.906 bits per heavy atom. The second-order valence-electron chi connectivity index (χ2n) is 7.16. The highest BCUT2D eigenvalue weighted by molar-refractivity contribution is 5.99. The Hall–Kier alpha value is -4.27. The number of halogens is 1. The first-order valence-corrected chi connectivity index (χ1v) is 9.86. The predicted molar refractivity (Wildman–Crippen MR) is 119 cm³/mol. The number of carbonyl (C=O) groups is 1. The van der Waals surface area contributed by atoms with E-state index in [1.54, 1.807) is 41.9 Å². The van der Waals surface area contributed by atoms with Crippen LogP contribution in [0.3, 0.4) is 0 Å². The number of amides is 2. The fraction of sp³-hybridized carbons (Fsp3) is 0.130. The molecular formula is C23H21FN6O2. The molecule has 2 aromatic carbocycles. The Balaban J connectivity index is 1.43. The van der Waals surface area contributed by atoms with Gasteiger partial charge in [0.2, 0.25) is 5.88 Å². The maximum Gasteiger partial charge on any atom is 0.323 e. The van der Waals surface area contributed by atoms with E-state index in [0.29, 0.717) is 34.6 Å². The van der Waals surface area contributed by atoms with E-state index in [9.17, 15) is 9.18 Å². The molecule has 2 N–H and O–H groups in total. The van der Waals surface area contributed by atoms with Gasteiger partial charge in [-0.05, 0) is 75.4 Å². The standard InChI is InChI=1S/C23H21FN6O2/c1-14-12-15(2)30(29-14)21-13-22(26-16(3)25-21)32-20-10-8-19(9-11-20)28-23(31)27-18-6-4-17(24)5-7-18/h4-13H,1-3H3,(H2,27,28,31). The summed E-state index contributed by atoms with van der Waals surface area (Å²) in [4.78, 5) is 20.9. The molecule has 0 unspecified atom stereocenters. The van der Waals surface area contributed by atoms with Crippen LogP contribution in [-0.2, 0) is 0 Å². The van der Waals surface area contributed by atoms with Crippen molar-refractivity contribution in [2.75, 3.05) is 10.6 Å². The molecule has 2 heterocycles. The first-order valence-electron chi connectivity index (χ1n) is 9.86. The van der Waals surface area contributed by atoms with Gasteiger partial charge in [-0.2, -0.15) is 10.1 Å². The molecule has 0 aliphatic carbocycles. The molecule has 9 heteroatoms. The number of rotatable bonds is 5. The Kier molecular flexibility index (Phi) is 5.80. The van der Waals surface area contributed by atoms with Crippen molar-refractivity contribution < 1.29 is 13.9 Å². The number of nitrogens with one attached hydrogen (secondary N) is 2. The zero-order chi connectivity index (χ0) is 22.7. The van der Waals surface area contributed by atoms with Gasteiger partial charge in [0.05, 0.1) is 5.69 Å². The first kappa shape index (κ1) is 21.0. The van der Waals surface area contributed by atoms with E-state index in [4.69, 9.17) is 4.74 Å². The van der Waals surface area contributed by atoms with Crippen molar-refractivity contribution in [2.45, 2.75) is 20.8 Å². The lowest BCUT2D eigenvalue weighted by molar-refractivity contribution is 0.262. The molecule has 0 atom stereocenters. The second kappa shape index (κ2) is 8.84. The van der Waals surface area contributed by atoms with Crippen molar-refractivity contribution in [2.24, 2.45) is 0 Å². The van der Waals surface area contributed by atoms with E-state index < -0.39 is 6.03 Å². The lowest BCUT2D eigenvalue weighted by atomic mass is 10.3. The third-order valence-electron chi connectivity index (χ3n) is 4.46. The van der Waals surface area contributed by atoms with E-state index in [2.05, 4.69) is 25.7 Å². The SMILES string of the molecule is Cc1cc(C)n(-c2cc(Oc3ccc(NC(=O)Nc4ccc(F)cc4)cc3)nc(C)n2)n1. The summed E-state index contributed by atoms with van der Waals surface area (Å²) in [5.74, 6) is 1.74. The molecule has 4 aromatic rings. The molecule has 0 spiro atoms. The Labute approximate surface area is 184 Å². The minimum Gasteiger partial charge on any atom is -0.439 e. The Morgan fingerprint density at radius 2 is 1.53 bits per heavy atom. The lowest BCUT2D eigenvalue weighted by Gasteiger charge is -2.10. The summed E-state index contributed by atoms with van der Waals surface area (Å²) >= 11 is 0. The quantitative estimate of drug-likeness (QED) is 0.454. The normalized spacial score (nSPS) is 10.6. The molecule has 0 saturated heterocycles. The number of ether oxygens (including phenoxy) is 1. The van der Waals surface area contributed by atoms with Gasteiger partial charge in [-0.1, -0.05) is 0 Å². The summed E-state index contributed by atoms with van der Waals surface area (Å²) in [5, 5.41) is 9.79. The molecule has 0 fully saturated rings. The van der Waals surface area contributed by atoms with Gasteiger partial charge in [0.15, 0.2) is 5.82 Å². The molecule has 8 nitrogen and oxygen atoms in total. The van der Waals surface area contributed by atoms with E-state index in [1.165, 1.54) is 24.3 Å². The zero-order valence-electron chi connectivity index (χ0n) is 17.8. The van der Waals surface area contributed by atoms with Crippen LogP contribution in [0.4, 0.5) is 20.6 Å². The third-order valence-corrected chi connectivity index (χ3v) is 4.46. The molecule has 2 aromatic heterocycles. The van der Waals surface area contributed by atoms with Crippen molar-refractivity contribution in [3.63, 3.8) is 0 Å². The predicted octanol–water partition coefficient (Wildman–Crippen LogP) is 5.16. The number of hydrogen-bond donors (Lipinski definition) is 2. The van der Waals surface area contributed by atoms with Crippen LogP contribution < -0.4 is 15.4 Å². The van der Waals surface area contributed by atoms with E-state index in [-0.39, 0.29) is 5.82 Å². The van der Waals surface area contributed by atoms with Crippen LogP contribution in [-0.4, -0.2) is 25.8 Å². The fourth-order valence-electron chi connectivity index (χ4n) is 3.10. The lowest BCUT2D eigenvalue weighted by Crippen LogP contribution is -2.19. The molecule has 0 bridgehead atoms. The van der Waals surface area contributed by atoms with Gasteiger partial charge in [0.1, 0.15) is 17.4 Å². The van der Waals surface area contributed by atoms with Gasteiger partial charge in [-0.15, -0.1) is 0 Å². The monoisotopic (exact) mass is 432 g/mol. The summed E-state index contributed by atoms with van der Waals surface area (Å²) in [6, 6.07) is 15.6. The summed E-state index contributed by atoms with van der Waals surface area (Å²) < 4.78 is 20.6. The maximum absolute atomic E-state index is 13.0. The third kappa shape index (κ3) is 5.07. The Morgan fingerprint density at radius 3 is 2.12 bits per heavy atom. The number of carbonyl (C=O) groups excluding carboxylic acids is 1. The van der Waals surface area contributed by atoms with Gasteiger partial charge < -0.3 is 15.4 Å². The first-order chi connectivity index (χ1) is 15.4. The molecule has 0 radical (unpaired) electrons. The van der Waals surface area contributed by atoms with E-state index in [0.717, 1.165) is 11.4 Å². The summed E-state index contributed by atoms with van der Waals surface area (Å²) in [6.45, 7) is 5.66. The number of anilines is 2. The maximum atomic E-state index is 13.0. The van der Waals surface area contributed by atoms with Crippen LogP contribution >= 0.6 is 0 Å². The fourth-order valence-corrected chi connectivity index (χ4v) is 3.10. The van der Waals surface area contributed by atoms with Crippen molar-refractivity contribution in [1.29, 1.82) is 0 Å². The molecule has 4 rings (SSSR count). The minimum atomic E-state index is -0.439. The summed E-state index contributed by atoms with van der Waals surface area (Å²) in [6.07, 6.45) is 0. The number of benzene rings is 2. The van der Waals surface area contributed by atoms with Crippen LogP contribution in [0, 0.1) is 26.6 Å². The molecule has 0 aliphatic rings. The van der Waals surface area contributed by atoms with Crippen LogP contribution in [0.2, 0.25) is 0 Å². The number of nitrogens with zero attached hydrogens (tertiary/aromatic N) is 4. The zero-order valence-corrected chi connectivity index (χ0v) is 17.8. The number of urea groups is 1. The smallest absolute Gasteiger partial charge is 0.323 e. The van der Waals surface area contributed by atoms with Gasteiger partial charge in [0.25, 0.3) is 0 Å². The van der Waals surface area contributed by atoms with Crippen molar-refractivity contribution >= 4 is 17.4 Å². The molecule has 2 amide bonds. The highest BCUT2D eigenvalue weighted by Gasteiger charge is 2.10. The van der Waals surface area contributed by atoms with Crippen LogP contribution in [0.1, 0.15) is 17.2 Å². The summed E-state index contributed by atoms with van der Waals surface area (Å²) in [5.41, 5.74) is 2.91. The highest BCUT2D eigenvalue weighted by atomic mass is 19.1. The average Bonchev–Trinajstić information content (AvgIpc) is 3.09. The largest absolute Gasteiger partial charge is 0.439 e. The van der Waals surface area contributed by atoms with Crippen molar-refractivity contribution in [3.05, 3.63) is 83.7 Å². The van der Waals surface area contributed by atoms with Crippen molar-refractivity contribution in [1.82, 2.24) is 19.7 Å². The molecule has 162 valence electrons. The van der Waals surface area contributed by atoms with Gasteiger partial charge in [-0.25, -0.2) is 18.9 Å². The number of aryl methyl sites for hydroxylation is 3. The second-order valence-corrected chi connectivity index (χ2v) is 7.16. The number of aromatic nitrogens is 4. The molecule has 32 heavy (non-hydrogen) atoms.